The van der Waals surface area contributed by atoms with Gasteiger partial charge in [0.1, 0.15) is 6.54 Å². The molecule has 0 radical (unpaired) electrons. The second kappa shape index (κ2) is 11.3. The van der Waals surface area contributed by atoms with Crippen molar-refractivity contribution in [2.75, 3.05) is 28.4 Å². The normalized spacial score (nSPS) is 10.9. The Hall–Kier alpha value is -3.92. The van der Waals surface area contributed by atoms with Crippen LogP contribution in [0.4, 0.5) is 0 Å². The molecule has 0 fully saturated rings. The van der Waals surface area contributed by atoms with Crippen molar-refractivity contribution in [1.29, 1.82) is 0 Å². The van der Waals surface area contributed by atoms with Gasteiger partial charge in [-0.2, -0.15) is 4.68 Å². The van der Waals surface area contributed by atoms with Crippen molar-refractivity contribution in [2.45, 2.75) is 13.1 Å². The molecule has 0 saturated carbocycles. The van der Waals surface area contributed by atoms with Crippen LogP contribution >= 0.6 is 11.6 Å². The third-order valence-electron chi connectivity index (χ3n) is 4.80. The number of ether oxygens (including phenoxy) is 4. The van der Waals surface area contributed by atoms with Gasteiger partial charge in [0.2, 0.25) is 11.8 Å². The first-order valence-corrected chi connectivity index (χ1v) is 10.4. The molecule has 1 amide bonds. The maximum Gasteiger partial charge on any atom is 0.437 e. The standard InChI is InChI=1S/C23H24ClN3O7/c1-30-16-7-5-6-15(21(16)32-3)12-25-18(28)13-27-23(29)34-19(26-27)11-9-14-8-10-17(31-2)22(33-4)20(14)24/h5-11H,12-13H2,1-4H3,(H,25,28). The molecule has 0 aliphatic heterocycles. The summed E-state index contributed by atoms with van der Waals surface area (Å²) in [6, 6.07) is 8.75. The number of aromatic nitrogens is 2. The van der Waals surface area contributed by atoms with Crippen LogP contribution in [0.2, 0.25) is 5.02 Å². The predicted molar refractivity (Wildman–Crippen MR) is 126 cm³/mol. The van der Waals surface area contributed by atoms with Crippen LogP contribution in [0.15, 0.2) is 39.5 Å². The molecule has 1 N–H and O–H groups in total. The van der Waals surface area contributed by atoms with Gasteiger partial charge in [-0.3, -0.25) is 4.79 Å². The van der Waals surface area contributed by atoms with Crippen molar-refractivity contribution < 1.29 is 28.2 Å². The number of amides is 1. The molecular weight excluding hydrogens is 466 g/mol. The largest absolute Gasteiger partial charge is 0.493 e. The molecule has 0 unspecified atom stereocenters. The lowest BCUT2D eigenvalue weighted by Crippen LogP contribution is -2.31. The van der Waals surface area contributed by atoms with E-state index in [1.807, 2.05) is 0 Å². The molecule has 34 heavy (non-hydrogen) atoms. The van der Waals surface area contributed by atoms with Gasteiger partial charge in [0, 0.05) is 18.2 Å². The SMILES string of the molecule is COc1cccc(CNC(=O)Cn2nc(C=Cc3ccc(OC)c(OC)c3Cl)oc2=O)c1OC. The van der Waals surface area contributed by atoms with Crippen molar-refractivity contribution in [3.8, 4) is 23.0 Å². The van der Waals surface area contributed by atoms with Crippen LogP contribution in [-0.4, -0.2) is 44.1 Å². The summed E-state index contributed by atoms with van der Waals surface area (Å²) in [4.78, 5) is 24.5. The van der Waals surface area contributed by atoms with E-state index in [9.17, 15) is 9.59 Å². The molecule has 0 bridgehead atoms. The highest BCUT2D eigenvalue weighted by molar-refractivity contribution is 6.34. The van der Waals surface area contributed by atoms with Gasteiger partial charge in [0.05, 0.1) is 33.5 Å². The van der Waals surface area contributed by atoms with Gasteiger partial charge in [-0.1, -0.05) is 23.7 Å². The number of benzene rings is 2. The first-order chi connectivity index (χ1) is 16.4. The molecule has 2 aromatic carbocycles. The van der Waals surface area contributed by atoms with E-state index >= 15 is 0 Å². The maximum absolute atomic E-state index is 12.4. The lowest BCUT2D eigenvalue weighted by Gasteiger charge is -2.13. The number of nitrogens with zero attached hydrogens (tertiary/aromatic N) is 2. The zero-order valence-electron chi connectivity index (χ0n) is 19.1. The van der Waals surface area contributed by atoms with Crippen LogP contribution in [-0.2, 0) is 17.9 Å². The van der Waals surface area contributed by atoms with Gasteiger partial charge in [0.25, 0.3) is 0 Å². The summed E-state index contributed by atoms with van der Waals surface area (Å²) in [6.07, 6.45) is 3.07. The molecular formula is C23H24ClN3O7. The molecule has 3 aromatic rings. The summed E-state index contributed by atoms with van der Waals surface area (Å²) >= 11 is 6.35. The fourth-order valence-corrected chi connectivity index (χ4v) is 3.46. The first kappa shape index (κ1) is 24.7. The average Bonchev–Trinajstić information content (AvgIpc) is 3.19. The maximum atomic E-state index is 12.4. The van der Waals surface area contributed by atoms with Crippen molar-refractivity contribution in [3.05, 3.63) is 62.9 Å². The fraction of sp³-hybridized carbons (Fsp3) is 0.261. The van der Waals surface area contributed by atoms with E-state index in [1.54, 1.807) is 36.4 Å². The van der Waals surface area contributed by atoms with E-state index in [4.69, 9.17) is 35.0 Å². The van der Waals surface area contributed by atoms with Gasteiger partial charge in [-0.05, 0) is 29.8 Å². The highest BCUT2D eigenvalue weighted by atomic mass is 35.5. The minimum atomic E-state index is -0.771. The number of carbonyl (C=O) groups excluding carboxylic acids is 1. The highest BCUT2D eigenvalue weighted by Crippen LogP contribution is 2.38. The summed E-state index contributed by atoms with van der Waals surface area (Å²) in [5, 5.41) is 7.08. The number of methoxy groups -OCH3 is 4. The Balaban J connectivity index is 1.68. The average molecular weight is 490 g/mol. The molecule has 0 aliphatic rings. The Morgan fingerprint density at radius 2 is 1.74 bits per heavy atom. The van der Waals surface area contributed by atoms with Gasteiger partial charge in [-0.25, -0.2) is 4.79 Å². The second-order valence-electron chi connectivity index (χ2n) is 6.83. The highest BCUT2D eigenvalue weighted by Gasteiger charge is 2.14. The number of para-hydroxylation sites is 1. The van der Waals surface area contributed by atoms with Crippen molar-refractivity contribution >= 4 is 29.7 Å². The summed E-state index contributed by atoms with van der Waals surface area (Å²) < 4.78 is 27.1. The van der Waals surface area contributed by atoms with E-state index in [2.05, 4.69) is 10.4 Å². The van der Waals surface area contributed by atoms with Gasteiger partial charge in [0.15, 0.2) is 23.0 Å². The molecule has 0 atom stereocenters. The third kappa shape index (κ3) is 5.52. The van der Waals surface area contributed by atoms with E-state index in [1.165, 1.54) is 34.5 Å². The van der Waals surface area contributed by atoms with E-state index in [0.29, 0.717) is 33.6 Å². The Kier molecular flexibility index (Phi) is 8.20. The lowest BCUT2D eigenvalue weighted by atomic mass is 10.2. The van der Waals surface area contributed by atoms with E-state index in [0.717, 1.165) is 10.2 Å². The Morgan fingerprint density at radius 1 is 1.03 bits per heavy atom. The molecule has 0 aliphatic carbocycles. The molecule has 180 valence electrons. The van der Waals surface area contributed by atoms with Gasteiger partial charge < -0.3 is 28.7 Å². The van der Waals surface area contributed by atoms with Gasteiger partial charge in [-0.15, -0.1) is 5.10 Å². The number of carbonyl (C=O) groups is 1. The summed E-state index contributed by atoms with van der Waals surface area (Å²) in [5.41, 5.74) is 1.32. The minimum absolute atomic E-state index is 0.0121. The minimum Gasteiger partial charge on any atom is -0.493 e. The molecule has 0 saturated heterocycles. The molecule has 1 heterocycles. The Morgan fingerprint density at radius 3 is 2.41 bits per heavy atom. The zero-order chi connectivity index (χ0) is 24.7. The topological polar surface area (TPSA) is 114 Å². The van der Waals surface area contributed by atoms with Crippen LogP contribution in [0.3, 0.4) is 0 Å². The van der Waals surface area contributed by atoms with Crippen LogP contribution in [0, 0.1) is 0 Å². The Bertz CT molecular complexity index is 1250. The number of halogens is 1. The zero-order valence-corrected chi connectivity index (χ0v) is 19.8. The van der Waals surface area contributed by atoms with Crippen molar-refractivity contribution in [3.63, 3.8) is 0 Å². The first-order valence-electron chi connectivity index (χ1n) is 10.0. The van der Waals surface area contributed by atoms with Crippen LogP contribution < -0.4 is 30.0 Å². The van der Waals surface area contributed by atoms with E-state index < -0.39 is 11.7 Å². The van der Waals surface area contributed by atoms with Crippen LogP contribution in [0.1, 0.15) is 17.0 Å². The number of hydrogen-bond acceptors (Lipinski definition) is 8. The van der Waals surface area contributed by atoms with Gasteiger partial charge >= 0.3 is 5.76 Å². The number of rotatable bonds is 10. The van der Waals surface area contributed by atoms with Crippen LogP contribution in [0.25, 0.3) is 12.2 Å². The fourth-order valence-electron chi connectivity index (χ4n) is 3.16. The Labute approximate surface area is 200 Å². The predicted octanol–water partition coefficient (Wildman–Crippen LogP) is 3.01. The van der Waals surface area contributed by atoms with Crippen LogP contribution in [0.5, 0.6) is 23.0 Å². The smallest absolute Gasteiger partial charge is 0.437 e. The molecule has 3 rings (SSSR count). The number of hydrogen-bond donors (Lipinski definition) is 1. The quantitative estimate of drug-likeness (QED) is 0.462. The lowest BCUT2D eigenvalue weighted by molar-refractivity contribution is -0.122. The molecule has 0 spiro atoms. The summed E-state index contributed by atoms with van der Waals surface area (Å²) in [6.45, 7) is -0.143. The number of nitrogens with one attached hydrogen (secondary N) is 1. The molecule has 1 aromatic heterocycles. The second-order valence-corrected chi connectivity index (χ2v) is 7.21. The monoisotopic (exact) mass is 489 g/mol. The third-order valence-corrected chi connectivity index (χ3v) is 5.19. The summed E-state index contributed by atoms with van der Waals surface area (Å²) in [5.74, 6) is 0.739. The van der Waals surface area contributed by atoms with Crippen molar-refractivity contribution in [1.82, 2.24) is 15.1 Å². The molecule has 11 heteroatoms. The molecule has 10 nitrogen and oxygen atoms in total. The van der Waals surface area contributed by atoms with Crippen molar-refractivity contribution in [2.24, 2.45) is 0 Å². The summed E-state index contributed by atoms with van der Waals surface area (Å²) in [7, 11) is 6.03. The van der Waals surface area contributed by atoms with E-state index in [-0.39, 0.29) is 19.0 Å².